The highest BCUT2D eigenvalue weighted by molar-refractivity contribution is 7.13. The van der Waals surface area contributed by atoms with Crippen molar-refractivity contribution in [1.82, 2.24) is 15.4 Å². The molecule has 13 heteroatoms. The molecule has 1 aromatic heterocycles. The smallest absolute Gasteiger partial charge is 0.333 e. The second-order valence-electron chi connectivity index (χ2n) is 4.78. The minimum atomic E-state index is -1.26. The number of carboxylic acid groups (broad SMARTS) is 1. The number of thiazole rings is 1. The van der Waals surface area contributed by atoms with Crippen LogP contribution in [0.4, 0.5) is 5.13 Å². The number of rotatable bonds is 8. The molecule has 136 valence electrons. The standard InChI is InChI=1S/C12H15N5O7S/c1-5-8(11(21)17(5)24-23-3-7(18)19)15-10(20)9(16-22-2)6-4-25-12(13)14-6/h4-5,8H,3H2,1-2H3,(H2,13,14)(H,15,20)(H,18,19)/b16-9-/t5-,8-/m0/s1. The van der Waals surface area contributed by atoms with E-state index in [0.29, 0.717) is 0 Å². The van der Waals surface area contributed by atoms with Gasteiger partial charge < -0.3 is 21.0 Å². The van der Waals surface area contributed by atoms with Crippen molar-refractivity contribution in [1.29, 1.82) is 0 Å². The van der Waals surface area contributed by atoms with Gasteiger partial charge in [-0.2, -0.15) is 5.06 Å². The largest absolute Gasteiger partial charge is 0.479 e. The van der Waals surface area contributed by atoms with Gasteiger partial charge in [0, 0.05) is 5.38 Å². The number of carbonyl (C=O) groups is 3. The highest BCUT2D eigenvalue weighted by atomic mass is 32.1. The SMILES string of the molecule is CO/N=C(\C(=O)N[C@@H]1C(=O)N(OOCC(=O)O)[C@H]1C)c1csc(N)n1. The minimum Gasteiger partial charge on any atom is -0.479 e. The van der Waals surface area contributed by atoms with E-state index in [1.165, 1.54) is 12.5 Å². The molecule has 25 heavy (non-hydrogen) atoms. The van der Waals surface area contributed by atoms with Crippen LogP contribution in [0.15, 0.2) is 10.5 Å². The van der Waals surface area contributed by atoms with E-state index in [9.17, 15) is 14.4 Å². The van der Waals surface area contributed by atoms with E-state index in [1.54, 1.807) is 6.92 Å². The quantitative estimate of drug-likeness (QED) is 0.218. The van der Waals surface area contributed by atoms with Gasteiger partial charge in [0.15, 0.2) is 17.5 Å². The third kappa shape index (κ3) is 4.20. The number of hydrogen-bond donors (Lipinski definition) is 3. The molecule has 0 saturated carbocycles. The lowest BCUT2D eigenvalue weighted by Crippen LogP contribution is -2.69. The van der Waals surface area contributed by atoms with Crippen molar-refractivity contribution in [2.75, 3.05) is 19.5 Å². The number of nitrogens with one attached hydrogen (secondary N) is 1. The Morgan fingerprint density at radius 2 is 2.28 bits per heavy atom. The summed E-state index contributed by atoms with van der Waals surface area (Å²) in [4.78, 5) is 52.2. The molecule has 1 aliphatic rings. The Kier molecular flexibility index (Phi) is 5.84. The molecule has 2 heterocycles. The number of β-lactam (4-membered cyclic amide) rings is 1. The summed E-state index contributed by atoms with van der Waals surface area (Å²) in [6.45, 7) is 0.841. The van der Waals surface area contributed by atoms with Gasteiger partial charge in [0.2, 0.25) is 0 Å². The summed E-state index contributed by atoms with van der Waals surface area (Å²) in [5.74, 6) is -2.56. The first-order chi connectivity index (χ1) is 11.8. The van der Waals surface area contributed by atoms with Crippen molar-refractivity contribution in [3.8, 4) is 0 Å². The van der Waals surface area contributed by atoms with Gasteiger partial charge in [-0.25, -0.2) is 14.7 Å². The van der Waals surface area contributed by atoms with Crippen LogP contribution in [-0.2, 0) is 29.1 Å². The van der Waals surface area contributed by atoms with E-state index in [1.807, 2.05) is 0 Å². The number of oxime groups is 1. The molecule has 2 atom stereocenters. The van der Waals surface area contributed by atoms with Crippen molar-refractivity contribution < 1.29 is 34.2 Å². The summed E-state index contributed by atoms with van der Waals surface area (Å²) < 4.78 is 0. The molecule has 1 fully saturated rings. The Labute approximate surface area is 145 Å². The van der Waals surface area contributed by atoms with Crippen molar-refractivity contribution in [2.24, 2.45) is 5.16 Å². The van der Waals surface area contributed by atoms with Crippen molar-refractivity contribution in [3.63, 3.8) is 0 Å². The van der Waals surface area contributed by atoms with Crippen molar-refractivity contribution in [3.05, 3.63) is 11.1 Å². The third-order valence-electron chi connectivity index (χ3n) is 3.10. The first-order valence-electron chi connectivity index (χ1n) is 6.83. The van der Waals surface area contributed by atoms with Crippen LogP contribution in [0.3, 0.4) is 0 Å². The summed E-state index contributed by atoms with van der Waals surface area (Å²) in [6, 6.07) is -1.49. The van der Waals surface area contributed by atoms with Gasteiger partial charge in [-0.1, -0.05) is 5.16 Å². The monoisotopic (exact) mass is 373 g/mol. The zero-order chi connectivity index (χ0) is 18.6. The van der Waals surface area contributed by atoms with E-state index in [2.05, 4.69) is 30.2 Å². The number of hydrogen-bond acceptors (Lipinski definition) is 10. The predicted molar refractivity (Wildman–Crippen MR) is 83.0 cm³/mol. The lowest BCUT2D eigenvalue weighted by Gasteiger charge is -2.41. The number of nitrogens with zero attached hydrogens (tertiary/aromatic N) is 3. The number of hydroxylamine groups is 2. The highest BCUT2D eigenvalue weighted by Gasteiger charge is 2.48. The molecule has 1 aromatic rings. The predicted octanol–water partition coefficient (Wildman–Crippen LogP) is -1.26. The van der Waals surface area contributed by atoms with Gasteiger partial charge in [-0.15, -0.1) is 16.3 Å². The molecule has 1 saturated heterocycles. The molecule has 0 bridgehead atoms. The molecule has 12 nitrogen and oxygen atoms in total. The van der Waals surface area contributed by atoms with E-state index >= 15 is 0 Å². The molecular formula is C12H15N5O7S. The molecule has 0 aromatic carbocycles. The van der Waals surface area contributed by atoms with Crippen molar-refractivity contribution in [2.45, 2.75) is 19.0 Å². The van der Waals surface area contributed by atoms with Crippen LogP contribution >= 0.6 is 11.3 Å². The van der Waals surface area contributed by atoms with Crippen LogP contribution in [0.2, 0.25) is 0 Å². The van der Waals surface area contributed by atoms with Gasteiger partial charge in [0.05, 0.1) is 6.04 Å². The second kappa shape index (κ2) is 7.87. The van der Waals surface area contributed by atoms with Crippen LogP contribution in [0.25, 0.3) is 0 Å². The van der Waals surface area contributed by atoms with E-state index in [-0.39, 0.29) is 16.5 Å². The van der Waals surface area contributed by atoms with Gasteiger partial charge in [0.25, 0.3) is 11.8 Å². The summed E-state index contributed by atoms with van der Waals surface area (Å²) in [5.41, 5.74) is 5.59. The van der Waals surface area contributed by atoms with Crippen LogP contribution in [0.1, 0.15) is 12.6 Å². The molecule has 0 radical (unpaired) electrons. The average molecular weight is 373 g/mol. The fourth-order valence-corrected chi connectivity index (χ4v) is 2.47. The number of carbonyl (C=O) groups excluding carboxylic acids is 2. The van der Waals surface area contributed by atoms with Crippen molar-refractivity contribution >= 4 is 40.0 Å². The number of amides is 2. The number of aromatic nitrogens is 1. The maximum atomic E-state index is 12.3. The number of nitrogens with two attached hydrogens (primary N) is 1. The van der Waals surface area contributed by atoms with E-state index in [0.717, 1.165) is 16.4 Å². The third-order valence-corrected chi connectivity index (χ3v) is 3.77. The summed E-state index contributed by atoms with van der Waals surface area (Å²) in [5, 5.41) is 17.1. The summed E-state index contributed by atoms with van der Waals surface area (Å²) >= 11 is 1.12. The first kappa shape index (κ1) is 18.6. The lowest BCUT2D eigenvalue weighted by molar-refractivity contribution is -0.428. The van der Waals surface area contributed by atoms with Crippen LogP contribution in [0.5, 0.6) is 0 Å². The Morgan fingerprint density at radius 3 is 2.80 bits per heavy atom. The van der Waals surface area contributed by atoms with E-state index < -0.39 is 36.5 Å². The Morgan fingerprint density at radius 1 is 1.56 bits per heavy atom. The molecular weight excluding hydrogens is 358 g/mol. The van der Waals surface area contributed by atoms with Gasteiger partial charge in [-0.05, 0) is 6.92 Å². The zero-order valence-corrected chi connectivity index (χ0v) is 14.0. The van der Waals surface area contributed by atoms with Gasteiger partial charge in [0.1, 0.15) is 18.8 Å². The molecule has 1 aliphatic heterocycles. The summed E-state index contributed by atoms with van der Waals surface area (Å²) in [6.07, 6.45) is 0. The maximum Gasteiger partial charge on any atom is 0.333 e. The lowest BCUT2D eigenvalue weighted by atomic mass is 10.00. The highest BCUT2D eigenvalue weighted by Crippen LogP contribution is 2.21. The molecule has 2 amide bonds. The summed E-state index contributed by atoms with van der Waals surface area (Å²) in [7, 11) is 1.26. The Balaban J connectivity index is 1.97. The fourth-order valence-electron chi connectivity index (χ4n) is 1.92. The maximum absolute atomic E-state index is 12.3. The molecule has 0 spiro atoms. The van der Waals surface area contributed by atoms with Crippen LogP contribution in [0, 0.1) is 0 Å². The molecule has 0 aliphatic carbocycles. The Hall–Kier alpha value is -2.77. The topological polar surface area (TPSA) is 166 Å². The number of aliphatic carboxylic acids is 1. The number of nitrogen functional groups attached to an aromatic ring is 1. The molecule has 0 unspecified atom stereocenters. The molecule has 4 N–H and O–H groups in total. The second-order valence-corrected chi connectivity index (χ2v) is 5.67. The zero-order valence-electron chi connectivity index (χ0n) is 13.2. The van der Waals surface area contributed by atoms with E-state index in [4.69, 9.17) is 10.8 Å². The van der Waals surface area contributed by atoms with Gasteiger partial charge >= 0.3 is 5.97 Å². The number of carboxylic acids is 1. The Bertz CT molecular complexity index is 706. The normalized spacial score (nSPS) is 20.2. The van der Waals surface area contributed by atoms with Crippen LogP contribution in [-0.4, -0.2) is 64.4 Å². The first-order valence-corrected chi connectivity index (χ1v) is 7.71. The minimum absolute atomic E-state index is 0.142. The number of anilines is 1. The molecule has 2 rings (SSSR count). The fraction of sp³-hybridized carbons (Fsp3) is 0.417. The average Bonchev–Trinajstić information content (AvgIpc) is 2.99. The van der Waals surface area contributed by atoms with Crippen LogP contribution < -0.4 is 11.1 Å². The van der Waals surface area contributed by atoms with Gasteiger partial charge in [-0.3, -0.25) is 9.59 Å².